The van der Waals surface area contributed by atoms with Gasteiger partial charge in [0.15, 0.2) is 5.69 Å². The predicted molar refractivity (Wildman–Crippen MR) is 36.4 cm³/mol. The molecule has 12 heavy (non-hydrogen) atoms. The molecule has 0 fully saturated rings. The predicted octanol–water partition coefficient (Wildman–Crippen LogP) is 0.894. The van der Waals surface area contributed by atoms with Crippen molar-refractivity contribution in [1.29, 1.82) is 0 Å². The van der Waals surface area contributed by atoms with Crippen LogP contribution in [0.4, 0.5) is 0 Å². The molecule has 0 aliphatic heterocycles. The summed E-state index contributed by atoms with van der Waals surface area (Å²) in [5.74, 6) is -0.259. The van der Waals surface area contributed by atoms with Crippen LogP contribution >= 0.6 is 0 Å². The second-order valence-electron chi connectivity index (χ2n) is 2.13. The number of carbonyl (C=O) groups is 1. The highest BCUT2D eigenvalue weighted by Gasteiger charge is 2.13. The van der Waals surface area contributed by atoms with Gasteiger partial charge < -0.3 is 9.05 Å². The van der Waals surface area contributed by atoms with E-state index < -0.39 is 0 Å². The molecule has 0 saturated heterocycles. The largest absolute Gasteiger partial charge is 0.364 e. The first-order valence-corrected chi connectivity index (χ1v) is 3.22. The van der Waals surface area contributed by atoms with Crippen LogP contribution in [0.1, 0.15) is 16.1 Å². The molecule has 2 heterocycles. The molecule has 0 spiro atoms. The van der Waals surface area contributed by atoms with E-state index in [4.69, 9.17) is 0 Å². The van der Waals surface area contributed by atoms with Gasteiger partial charge in [0.1, 0.15) is 12.5 Å². The van der Waals surface area contributed by atoms with Crippen LogP contribution in [0.3, 0.4) is 0 Å². The second kappa shape index (κ2) is 2.61. The molecule has 0 atom stereocenters. The monoisotopic (exact) mass is 164 g/mol. The molecule has 0 N–H and O–H groups in total. The fourth-order valence-electron chi connectivity index (χ4n) is 0.795. The molecule has 5 nitrogen and oxygen atoms in total. The van der Waals surface area contributed by atoms with Gasteiger partial charge in [0.2, 0.25) is 5.78 Å². The maximum absolute atomic E-state index is 11.3. The average Bonchev–Trinajstić information content (AvgIpc) is 2.77. The van der Waals surface area contributed by atoms with E-state index in [2.05, 4.69) is 19.4 Å². The Morgan fingerprint density at radius 3 is 2.92 bits per heavy atom. The Kier molecular flexibility index (Phi) is 1.48. The first-order chi connectivity index (χ1) is 5.88. The number of nitrogens with zero attached hydrogens (tertiary/aromatic N) is 2. The lowest BCUT2D eigenvalue weighted by atomic mass is 10.2. The molecular formula is C7H4N2O3. The smallest absolute Gasteiger partial charge is 0.219 e. The SMILES string of the molecule is O=C(c1cnoc1)c1ccon1. The van der Waals surface area contributed by atoms with E-state index in [1.165, 1.54) is 24.8 Å². The molecule has 0 aliphatic carbocycles. The Morgan fingerprint density at radius 2 is 2.33 bits per heavy atom. The Bertz CT molecular complexity index is 327. The lowest BCUT2D eigenvalue weighted by molar-refractivity contribution is 0.103. The van der Waals surface area contributed by atoms with Crippen LogP contribution in [0, 0.1) is 0 Å². The fraction of sp³-hybridized carbons (Fsp3) is 0. The van der Waals surface area contributed by atoms with Crippen molar-refractivity contribution in [2.45, 2.75) is 0 Å². The van der Waals surface area contributed by atoms with Crippen molar-refractivity contribution in [3.05, 3.63) is 36.0 Å². The molecule has 60 valence electrons. The van der Waals surface area contributed by atoms with Crippen LogP contribution in [0.15, 0.2) is 33.8 Å². The van der Waals surface area contributed by atoms with Crippen LogP contribution in [0.5, 0.6) is 0 Å². The van der Waals surface area contributed by atoms with Gasteiger partial charge in [-0.3, -0.25) is 4.79 Å². The summed E-state index contributed by atoms with van der Waals surface area (Å²) in [7, 11) is 0. The quantitative estimate of drug-likeness (QED) is 0.616. The molecule has 2 rings (SSSR count). The van der Waals surface area contributed by atoms with Gasteiger partial charge in [-0.15, -0.1) is 0 Å². The Morgan fingerprint density at radius 1 is 1.42 bits per heavy atom. The third-order valence-electron chi connectivity index (χ3n) is 1.36. The highest BCUT2D eigenvalue weighted by molar-refractivity contribution is 6.07. The van der Waals surface area contributed by atoms with Crippen molar-refractivity contribution < 1.29 is 13.8 Å². The van der Waals surface area contributed by atoms with Gasteiger partial charge in [0.25, 0.3) is 0 Å². The second-order valence-corrected chi connectivity index (χ2v) is 2.13. The summed E-state index contributed by atoms with van der Waals surface area (Å²) < 4.78 is 9.02. The van der Waals surface area contributed by atoms with Crippen LogP contribution in [-0.4, -0.2) is 16.1 Å². The first-order valence-electron chi connectivity index (χ1n) is 3.22. The first kappa shape index (κ1) is 6.78. The van der Waals surface area contributed by atoms with Gasteiger partial charge in [0, 0.05) is 6.07 Å². The molecule has 0 amide bonds. The number of hydrogen-bond donors (Lipinski definition) is 0. The maximum atomic E-state index is 11.3. The normalized spacial score (nSPS) is 10.0. The van der Waals surface area contributed by atoms with Gasteiger partial charge in [-0.05, 0) is 0 Å². The molecule has 0 radical (unpaired) electrons. The average molecular weight is 164 g/mol. The van der Waals surface area contributed by atoms with Crippen LogP contribution in [-0.2, 0) is 0 Å². The number of rotatable bonds is 2. The minimum absolute atomic E-state index is 0.248. The third-order valence-corrected chi connectivity index (χ3v) is 1.36. The van der Waals surface area contributed by atoms with Crippen LogP contribution in [0.2, 0.25) is 0 Å². The Hall–Kier alpha value is -1.91. The van der Waals surface area contributed by atoms with E-state index in [1.54, 1.807) is 0 Å². The zero-order chi connectivity index (χ0) is 8.39. The zero-order valence-electron chi connectivity index (χ0n) is 5.93. The minimum atomic E-state index is -0.259. The van der Waals surface area contributed by atoms with E-state index in [-0.39, 0.29) is 11.5 Å². The van der Waals surface area contributed by atoms with E-state index in [0.29, 0.717) is 5.56 Å². The Labute approximate surface area is 66.9 Å². The van der Waals surface area contributed by atoms with Crippen molar-refractivity contribution in [2.24, 2.45) is 0 Å². The molecule has 0 bridgehead atoms. The van der Waals surface area contributed by atoms with E-state index in [0.717, 1.165) is 0 Å². The lowest BCUT2D eigenvalue weighted by Gasteiger charge is -1.85. The summed E-state index contributed by atoms with van der Waals surface area (Å²) in [5, 5.41) is 6.88. The highest BCUT2D eigenvalue weighted by atomic mass is 16.5. The highest BCUT2D eigenvalue weighted by Crippen LogP contribution is 2.05. The number of aromatic nitrogens is 2. The molecule has 2 aromatic heterocycles. The fourth-order valence-corrected chi connectivity index (χ4v) is 0.795. The van der Waals surface area contributed by atoms with E-state index >= 15 is 0 Å². The molecule has 0 aliphatic rings. The number of carbonyl (C=O) groups excluding carboxylic acids is 1. The molecular weight excluding hydrogens is 160 g/mol. The van der Waals surface area contributed by atoms with Crippen molar-refractivity contribution in [3.63, 3.8) is 0 Å². The van der Waals surface area contributed by atoms with E-state index in [1.807, 2.05) is 0 Å². The van der Waals surface area contributed by atoms with Crippen LogP contribution in [0.25, 0.3) is 0 Å². The molecule has 0 unspecified atom stereocenters. The van der Waals surface area contributed by atoms with Gasteiger partial charge in [0.05, 0.1) is 11.8 Å². The van der Waals surface area contributed by atoms with E-state index in [9.17, 15) is 4.79 Å². The molecule has 0 saturated carbocycles. The third kappa shape index (κ3) is 1.01. The lowest BCUT2D eigenvalue weighted by Crippen LogP contribution is -1.99. The summed E-state index contributed by atoms with van der Waals surface area (Å²) in [6.45, 7) is 0. The van der Waals surface area contributed by atoms with Crippen molar-refractivity contribution in [2.75, 3.05) is 0 Å². The molecule has 0 aromatic carbocycles. The molecule has 5 heteroatoms. The molecule has 2 aromatic rings. The number of ketones is 1. The van der Waals surface area contributed by atoms with Gasteiger partial charge >= 0.3 is 0 Å². The van der Waals surface area contributed by atoms with Crippen LogP contribution < -0.4 is 0 Å². The van der Waals surface area contributed by atoms with Crippen molar-refractivity contribution in [1.82, 2.24) is 10.3 Å². The standard InChI is InChI=1S/C7H4N2O3/c10-7(5-3-8-12-4-5)6-1-2-11-9-6/h1-4H. The number of hydrogen-bond acceptors (Lipinski definition) is 5. The van der Waals surface area contributed by atoms with Crippen molar-refractivity contribution in [3.8, 4) is 0 Å². The zero-order valence-corrected chi connectivity index (χ0v) is 5.93. The maximum Gasteiger partial charge on any atom is 0.219 e. The van der Waals surface area contributed by atoms with Gasteiger partial charge in [-0.1, -0.05) is 10.3 Å². The summed E-state index contributed by atoms with van der Waals surface area (Å²) in [6, 6.07) is 1.48. The summed E-state index contributed by atoms with van der Waals surface area (Å²) in [4.78, 5) is 11.3. The summed E-state index contributed by atoms with van der Waals surface area (Å²) >= 11 is 0. The minimum Gasteiger partial charge on any atom is -0.364 e. The topological polar surface area (TPSA) is 69.1 Å². The summed E-state index contributed by atoms with van der Waals surface area (Å²) in [6.07, 6.45) is 3.93. The van der Waals surface area contributed by atoms with Gasteiger partial charge in [-0.2, -0.15) is 0 Å². The van der Waals surface area contributed by atoms with Crippen molar-refractivity contribution >= 4 is 5.78 Å². The summed E-state index contributed by atoms with van der Waals surface area (Å²) in [5.41, 5.74) is 0.613. The Balaban J connectivity index is 2.34. The van der Waals surface area contributed by atoms with Gasteiger partial charge in [-0.25, -0.2) is 0 Å².